The number of anilines is 2. The van der Waals surface area contributed by atoms with Crippen LogP contribution in [0.1, 0.15) is 5.82 Å². The van der Waals surface area contributed by atoms with E-state index in [0.29, 0.717) is 17.6 Å². The summed E-state index contributed by atoms with van der Waals surface area (Å²) in [5.41, 5.74) is 1.65. The molecular weight excluding hydrogens is 455 g/mol. The Labute approximate surface area is 170 Å². The molecule has 4 aromatic rings. The molecule has 2 heterocycles. The average molecular weight is 474 g/mol. The number of hydrogen-bond donors (Lipinski definition) is 2. The zero-order chi connectivity index (χ0) is 19.2. The maximum absolute atomic E-state index is 5.44. The second kappa shape index (κ2) is 8.76. The monoisotopic (exact) mass is 474 g/mol. The van der Waals surface area contributed by atoms with E-state index in [9.17, 15) is 0 Å². The van der Waals surface area contributed by atoms with E-state index < -0.39 is 0 Å². The highest BCUT2D eigenvalue weighted by Gasteiger charge is 2.13. The van der Waals surface area contributed by atoms with E-state index in [0.717, 1.165) is 28.0 Å². The maximum atomic E-state index is 5.44. The third kappa shape index (κ3) is 4.16. The van der Waals surface area contributed by atoms with Crippen molar-refractivity contribution in [1.29, 1.82) is 0 Å². The number of benzene rings is 2. The van der Waals surface area contributed by atoms with Crippen LogP contribution in [0.4, 0.5) is 11.8 Å². The van der Waals surface area contributed by atoms with Crippen LogP contribution in [0.3, 0.4) is 0 Å². The van der Waals surface area contributed by atoms with E-state index in [1.54, 1.807) is 7.11 Å². The lowest BCUT2D eigenvalue weighted by Crippen LogP contribution is -2.01. The van der Waals surface area contributed by atoms with Gasteiger partial charge >= 0.3 is 0 Å². The van der Waals surface area contributed by atoms with E-state index in [4.69, 9.17) is 4.74 Å². The van der Waals surface area contributed by atoms with Gasteiger partial charge in [-0.15, -0.1) is 5.10 Å². The van der Waals surface area contributed by atoms with Crippen molar-refractivity contribution in [1.82, 2.24) is 25.1 Å². The predicted molar refractivity (Wildman–Crippen MR) is 116 cm³/mol. The molecule has 0 radical (unpaired) electrons. The van der Waals surface area contributed by atoms with Gasteiger partial charge in [0.25, 0.3) is 0 Å². The van der Waals surface area contributed by atoms with E-state index in [1.807, 2.05) is 60.4 Å². The molecule has 0 saturated heterocycles. The van der Waals surface area contributed by atoms with E-state index in [2.05, 4.69) is 53.1 Å². The molecule has 0 aliphatic rings. The number of nitrogens with one attached hydrogen (secondary N) is 2. The Bertz CT molecular complexity index is 1050. The molecule has 27 heavy (non-hydrogen) atoms. The minimum Gasteiger partial charge on any atom is -0.496 e. The summed E-state index contributed by atoms with van der Waals surface area (Å²) in [5, 5.41) is 11.0. The topological polar surface area (TPSA) is 88.6 Å². The lowest BCUT2D eigenvalue weighted by molar-refractivity contribution is 0.416. The number of alkyl halides is 1. The molecule has 2 N–H and O–H groups in total. The van der Waals surface area contributed by atoms with Crippen LogP contribution in [-0.2, 0) is 0 Å². The second-order valence-electron chi connectivity index (χ2n) is 5.48. The van der Waals surface area contributed by atoms with Gasteiger partial charge in [-0.3, -0.25) is 5.10 Å². The Morgan fingerprint density at radius 1 is 0.963 bits per heavy atom. The summed E-state index contributed by atoms with van der Waals surface area (Å²) >= 11 is 2.15. The number of rotatable bonds is 4. The van der Waals surface area contributed by atoms with Gasteiger partial charge in [-0.25, -0.2) is 9.97 Å². The van der Waals surface area contributed by atoms with Crippen molar-refractivity contribution in [3.63, 3.8) is 0 Å². The lowest BCUT2D eigenvalue weighted by Gasteiger charge is -2.11. The van der Waals surface area contributed by atoms with Gasteiger partial charge in [0.2, 0.25) is 5.95 Å². The number of ether oxygens (including phenoxy) is 1. The van der Waals surface area contributed by atoms with Crippen molar-refractivity contribution in [3.05, 3.63) is 54.4 Å². The second-order valence-corrected chi connectivity index (χ2v) is 5.48. The van der Waals surface area contributed by atoms with Crippen LogP contribution in [0.5, 0.6) is 5.75 Å². The molecule has 8 heteroatoms. The molecule has 7 nitrogen and oxygen atoms in total. The SMILES string of the molecule is CI.COc1ccccc1-c1nc(Nc2n[nH]c(C)n2)c2ccccc2n1. The van der Waals surface area contributed by atoms with Crippen LogP contribution < -0.4 is 10.1 Å². The summed E-state index contributed by atoms with van der Waals surface area (Å²) in [6.45, 7) is 1.84. The van der Waals surface area contributed by atoms with Gasteiger partial charge in [0, 0.05) is 5.39 Å². The molecule has 0 amide bonds. The summed E-state index contributed by atoms with van der Waals surface area (Å²) in [6.07, 6.45) is 0. The first-order valence-electron chi connectivity index (χ1n) is 8.18. The Morgan fingerprint density at radius 2 is 1.70 bits per heavy atom. The Hall–Kier alpha value is -2.75. The van der Waals surface area contributed by atoms with Gasteiger partial charge < -0.3 is 10.1 Å². The van der Waals surface area contributed by atoms with Crippen LogP contribution in [-0.4, -0.2) is 37.2 Å². The first kappa shape index (κ1) is 19.0. The van der Waals surface area contributed by atoms with Gasteiger partial charge in [0.05, 0.1) is 18.2 Å². The Morgan fingerprint density at radius 3 is 2.44 bits per heavy atom. The number of methoxy groups -OCH3 is 1. The predicted octanol–water partition coefficient (Wildman–Crippen LogP) is 4.53. The quantitative estimate of drug-likeness (QED) is 0.334. The third-order valence-electron chi connectivity index (χ3n) is 3.78. The minimum atomic E-state index is 0.465. The molecule has 4 rings (SSSR count). The van der Waals surface area contributed by atoms with Gasteiger partial charge in [-0.05, 0) is 36.1 Å². The lowest BCUT2D eigenvalue weighted by atomic mass is 10.1. The van der Waals surface area contributed by atoms with Crippen LogP contribution in [0.2, 0.25) is 0 Å². The molecule has 0 atom stereocenters. The normalized spacial score (nSPS) is 10.2. The molecule has 0 saturated carbocycles. The van der Waals surface area contributed by atoms with Crippen molar-refractivity contribution in [2.24, 2.45) is 0 Å². The summed E-state index contributed by atoms with van der Waals surface area (Å²) in [4.78, 5) is 15.6. The van der Waals surface area contributed by atoms with Gasteiger partial charge in [0.1, 0.15) is 17.4 Å². The number of halogens is 1. The van der Waals surface area contributed by atoms with Crippen molar-refractivity contribution in [2.75, 3.05) is 17.4 Å². The fraction of sp³-hybridized carbons (Fsp3) is 0.158. The zero-order valence-corrected chi connectivity index (χ0v) is 17.4. The number of nitrogens with zero attached hydrogens (tertiary/aromatic N) is 4. The zero-order valence-electron chi connectivity index (χ0n) is 15.2. The number of hydrogen-bond acceptors (Lipinski definition) is 6. The largest absolute Gasteiger partial charge is 0.496 e. The van der Waals surface area contributed by atoms with Crippen LogP contribution in [0, 0.1) is 6.92 Å². The van der Waals surface area contributed by atoms with E-state index in [-0.39, 0.29) is 0 Å². The van der Waals surface area contributed by atoms with Crippen molar-refractivity contribution in [3.8, 4) is 17.1 Å². The van der Waals surface area contributed by atoms with Crippen molar-refractivity contribution < 1.29 is 4.74 Å². The number of fused-ring (bicyclic) bond motifs is 1. The van der Waals surface area contributed by atoms with Crippen molar-refractivity contribution >= 4 is 45.3 Å². The van der Waals surface area contributed by atoms with Gasteiger partial charge in [-0.1, -0.05) is 46.9 Å². The van der Waals surface area contributed by atoms with E-state index >= 15 is 0 Å². The number of aryl methyl sites for hydroxylation is 1. The fourth-order valence-corrected chi connectivity index (χ4v) is 2.63. The smallest absolute Gasteiger partial charge is 0.247 e. The third-order valence-corrected chi connectivity index (χ3v) is 3.78. The van der Waals surface area contributed by atoms with Crippen LogP contribution in [0.15, 0.2) is 48.5 Å². The molecular formula is C19H19IN6O. The van der Waals surface area contributed by atoms with Crippen LogP contribution in [0.25, 0.3) is 22.3 Å². The molecule has 138 valence electrons. The highest BCUT2D eigenvalue weighted by Crippen LogP contribution is 2.31. The molecule has 0 spiro atoms. The first-order valence-corrected chi connectivity index (χ1v) is 10.3. The fourth-order valence-electron chi connectivity index (χ4n) is 2.63. The highest BCUT2D eigenvalue weighted by atomic mass is 127. The van der Waals surface area contributed by atoms with Gasteiger partial charge in [0.15, 0.2) is 5.82 Å². The molecule has 2 aromatic heterocycles. The Balaban J connectivity index is 0.00000102. The summed E-state index contributed by atoms with van der Waals surface area (Å²) in [6, 6.07) is 15.5. The molecule has 0 fully saturated rings. The Kier molecular flexibility index (Phi) is 6.17. The van der Waals surface area contributed by atoms with Crippen molar-refractivity contribution in [2.45, 2.75) is 6.92 Å². The van der Waals surface area contributed by atoms with Gasteiger partial charge in [-0.2, -0.15) is 4.98 Å². The first-order chi connectivity index (χ1) is 13.2. The number of H-pyrrole nitrogens is 1. The summed E-state index contributed by atoms with van der Waals surface area (Å²) in [7, 11) is 1.63. The number of para-hydroxylation sites is 2. The average Bonchev–Trinajstić information content (AvgIpc) is 3.14. The van der Waals surface area contributed by atoms with Crippen LogP contribution >= 0.6 is 22.6 Å². The standard InChI is InChI=1S/C18H16N6O.CH3I/c1-11-19-18(24-23-11)22-16-12-7-3-5-9-14(12)20-17(21-16)13-8-4-6-10-15(13)25-2;1-2/h3-10H,1-2H3,(H2,19,20,21,22,23,24);1H3. The number of aromatic amines is 1. The number of aromatic nitrogens is 5. The molecule has 2 aromatic carbocycles. The summed E-state index contributed by atoms with van der Waals surface area (Å²) < 4.78 is 5.44. The molecule has 0 unspecified atom stereocenters. The van der Waals surface area contributed by atoms with E-state index in [1.165, 1.54) is 0 Å². The highest BCUT2D eigenvalue weighted by molar-refractivity contribution is 14.1. The molecule has 0 aliphatic heterocycles. The molecule has 0 bridgehead atoms. The summed E-state index contributed by atoms with van der Waals surface area (Å²) in [5.74, 6) is 3.13. The molecule has 0 aliphatic carbocycles. The maximum Gasteiger partial charge on any atom is 0.247 e. The minimum absolute atomic E-state index is 0.465.